The van der Waals surface area contributed by atoms with Crippen LogP contribution in [0.2, 0.25) is 0 Å². The van der Waals surface area contributed by atoms with Crippen molar-refractivity contribution in [3.63, 3.8) is 0 Å². The molecule has 126 valence electrons. The van der Waals surface area contributed by atoms with Crippen LogP contribution in [0.3, 0.4) is 0 Å². The Morgan fingerprint density at radius 3 is 2.54 bits per heavy atom. The number of ether oxygens (including phenoxy) is 1. The zero-order chi connectivity index (χ0) is 17.0. The minimum Gasteiger partial charge on any atom is -0.481 e. The molecule has 1 aliphatic rings. The number of nitrogens with one attached hydrogen (secondary N) is 1. The molecule has 1 amide bonds. The molecule has 1 saturated heterocycles. The molecule has 5 heteroatoms. The number of benzene rings is 2. The summed E-state index contributed by atoms with van der Waals surface area (Å²) in [5.74, 6) is -1.04. The summed E-state index contributed by atoms with van der Waals surface area (Å²) in [4.78, 5) is 23.8. The van der Waals surface area contributed by atoms with E-state index < -0.39 is 11.5 Å². The fourth-order valence-corrected chi connectivity index (χ4v) is 3.36. The number of fused-ring (bicyclic) bond motifs is 1. The molecule has 1 fully saturated rings. The Morgan fingerprint density at radius 2 is 1.79 bits per heavy atom. The monoisotopic (exact) mass is 327 g/mol. The Balaban J connectivity index is 1.77. The van der Waals surface area contributed by atoms with Crippen LogP contribution in [0.15, 0.2) is 42.5 Å². The van der Waals surface area contributed by atoms with Gasteiger partial charge in [0.05, 0.1) is 18.4 Å². The maximum Gasteiger partial charge on any atom is 0.305 e. The van der Waals surface area contributed by atoms with Crippen LogP contribution in [0.25, 0.3) is 10.8 Å². The van der Waals surface area contributed by atoms with Crippen molar-refractivity contribution in [1.82, 2.24) is 5.32 Å². The standard InChI is InChI=1S/C19H21NO4/c21-17(20-19(13-18(22)23)8-10-24-11-9-19)12-15-6-3-5-14-4-1-2-7-16(14)15/h1-7H,8-13H2,(H,20,21)(H,22,23). The first kappa shape index (κ1) is 16.5. The first-order chi connectivity index (χ1) is 11.6. The molecule has 2 N–H and O–H groups in total. The summed E-state index contributed by atoms with van der Waals surface area (Å²) in [6.45, 7) is 0.948. The third kappa shape index (κ3) is 3.74. The molecule has 2 aromatic rings. The fourth-order valence-electron chi connectivity index (χ4n) is 3.36. The molecule has 5 nitrogen and oxygen atoms in total. The number of carboxylic acids is 1. The van der Waals surface area contributed by atoms with Crippen molar-refractivity contribution >= 4 is 22.6 Å². The van der Waals surface area contributed by atoms with Gasteiger partial charge in [-0.05, 0) is 29.2 Å². The number of carboxylic acid groups (broad SMARTS) is 1. The summed E-state index contributed by atoms with van der Waals surface area (Å²) in [5.41, 5.74) is 0.245. The van der Waals surface area contributed by atoms with Gasteiger partial charge in [0.1, 0.15) is 0 Å². The summed E-state index contributed by atoms with van der Waals surface area (Å²) < 4.78 is 5.32. The van der Waals surface area contributed by atoms with E-state index >= 15 is 0 Å². The van der Waals surface area contributed by atoms with E-state index in [1.807, 2.05) is 42.5 Å². The molecule has 1 aliphatic heterocycles. The van der Waals surface area contributed by atoms with Crippen molar-refractivity contribution in [1.29, 1.82) is 0 Å². The number of hydrogen-bond donors (Lipinski definition) is 2. The van der Waals surface area contributed by atoms with E-state index in [1.54, 1.807) is 0 Å². The third-order valence-electron chi connectivity index (χ3n) is 4.58. The number of amides is 1. The number of rotatable bonds is 5. The van der Waals surface area contributed by atoms with Gasteiger partial charge in [0.15, 0.2) is 0 Å². The van der Waals surface area contributed by atoms with Gasteiger partial charge in [-0.2, -0.15) is 0 Å². The number of hydrogen-bond acceptors (Lipinski definition) is 3. The lowest BCUT2D eigenvalue weighted by atomic mass is 9.86. The van der Waals surface area contributed by atoms with Gasteiger partial charge >= 0.3 is 5.97 Å². The van der Waals surface area contributed by atoms with Crippen molar-refractivity contribution in [2.24, 2.45) is 0 Å². The van der Waals surface area contributed by atoms with E-state index in [0.29, 0.717) is 26.1 Å². The SMILES string of the molecule is O=C(O)CC1(NC(=O)Cc2cccc3ccccc23)CCOCC1. The Bertz CT molecular complexity index is 745. The molecule has 24 heavy (non-hydrogen) atoms. The van der Waals surface area contributed by atoms with Gasteiger partial charge in [0.2, 0.25) is 5.91 Å². The summed E-state index contributed by atoms with van der Waals surface area (Å²) in [5, 5.41) is 14.3. The minimum atomic E-state index is -0.901. The van der Waals surface area contributed by atoms with Crippen LogP contribution >= 0.6 is 0 Å². The zero-order valence-corrected chi connectivity index (χ0v) is 13.5. The first-order valence-corrected chi connectivity index (χ1v) is 8.15. The van der Waals surface area contributed by atoms with Crippen LogP contribution in [-0.4, -0.2) is 35.7 Å². The third-order valence-corrected chi connectivity index (χ3v) is 4.58. The molecule has 0 bridgehead atoms. The van der Waals surface area contributed by atoms with Crippen LogP contribution in [0.1, 0.15) is 24.8 Å². The molecular weight excluding hydrogens is 306 g/mol. The Kier molecular flexibility index (Phi) is 4.81. The zero-order valence-electron chi connectivity index (χ0n) is 13.5. The predicted octanol–water partition coefficient (Wildman–Crippen LogP) is 2.52. The fraction of sp³-hybridized carbons (Fsp3) is 0.368. The van der Waals surface area contributed by atoms with Crippen LogP contribution in [0, 0.1) is 0 Å². The second kappa shape index (κ2) is 7.01. The highest BCUT2D eigenvalue weighted by atomic mass is 16.5. The smallest absolute Gasteiger partial charge is 0.305 e. The molecule has 0 saturated carbocycles. The van der Waals surface area contributed by atoms with Crippen molar-refractivity contribution in [2.45, 2.75) is 31.2 Å². The van der Waals surface area contributed by atoms with E-state index in [0.717, 1.165) is 16.3 Å². The van der Waals surface area contributed by atoms with Crippen molar-refractivity contribution in [2.75, 3.05) is 13.2 Å². The molecular formula is C19H21NO4. The quantitative estimate of drug-likeness (QED) is 0.885. The molecule has 0 aliphatic carbocycles. The average Bonchev–Trinajstić information content (AvgIpc) is 2.55. The van der Waals surface area contributed by atoms with Crippen molar-refractivity contribution < 1.29 is 19.4 Å². The Labute approximate surface area is 140 Å². The van der Waals surface area contributed by atoms with E-state index in [1.165, 1.54) is 0 Å². The molecule has 0 radical (unpaired) electrons. The van der Waals surface area contributed by atoms with E-state index in [-0.39, 0.29) is 18.7 Å². The maximum atomic E-state index is 12.6. The van der Waals surface area contributed by atoms with E-state index in [4.69, 9.17) is 4.74 Å². The molecule has 3 rings (SSSR count). The molecule has 2 aromatic carbocycles. The Morgan fingerprint density at radius 1 is 1.08 bits per heavy atom. The lowest BCUT2D eigenvalue weighted by Gasteiger charge is -2.36. The highest BCUT2D eigenvalue weighted by molar-refractivity contribution is 5.90. The molecule has 0 unspecified atom stereocenters. The van der Waals surface area contributed by atoms with E-state index in [9.17, 15) is 14.7 Å². The number of carbonyl (C=O) groups is 2. The largest absolute Gasteiger partial charge is 0.481 e. The summed E-state index contributed by atoms with van der Waals surface area (Å²) in [6.07, 6.45) is 1.22. The van der Waals surface area contributed by atoms with Crippen molar-refractivity contribution in [3.05, 3.63) is 48.0 Å². The van der Waals surface area contributed by atoms with Crippen molar-refractivity contribution in [3.8, 4) is 0 Å². The second-order valence-corrected chi connectivity index (χ2v) is 6.33. The van der Waals surface area contributed by atoms with Gasteiger partial charge in [-0.3, -0.25) is 9.59 Å². The molecule has 0 aromatic heterocycles. The van der Waals surface area contributed by atoms with Gasteiger partial charge in [-0.25, -0.2) is 0 Å². The van der Waals surface area contributed by atoms with Gasteiger partial charge in [0, 0.05) is 13.2 Å². The summed E-state index contributed by atoms with van der Waals surface area (Å²) >= 11 is 0. The average molecular weight is 327 g/mol. The highest BCUT2D eigenvalue weighted by Gasteiger charge is 2.36. The predicted molar refractivity (Wildman–Crippen MR) is 90.8 cm³/mol. The first-order valence-electron chi connectivity index (χ1n) is 8.15. The topological polar surface area (TPSA) is 75.6 Å². The summed E-state index contributed by atoms with van der Waals surface area (Å²) in [6, 6.07) is 13.8. The van der Waals surface area contributed by atoms with Gasteiger partial charge in [-0.15, -0.1) is 0 Å². The summed E-state index contributed by atoms with van der Waals surface area (Å²) in [7, 11) is 0. The highest BCUT2D eigenvalue weighted by Crippen LogP contribution is 2.25. The van der Waals surface area contributed by atoms with E-state index in [2.05, 4.69) is 5.32 Å². The number of aliphatic carboxylic acids is 1. The molecule has 0 atom stereocenters. The second-order valence-electron chi connectivity index (χ2n) is 6.33. The molecule has 0 spiro atoms. The van der Waals surface area contributed by atoms with Crippen LogP contribution in [-0.2, 0) is 20.7 Å². The van der Waals surface area contributed by atoms with Crippen LogP contribution in [0.4, 0.5) is 0 Å². The van der Waals surface area contributed by atoms with Gasteiger partial charge in [-0.1, -0.05) is 42.5 Å². The molecule has 1 heterocycles. The maximum absolute atomic E-state index is 12.6. The van der Waals surface area contributed by atoms with Crippen LogP contribution in [0.5, 0.6) is 0 Å². The van der Waals surface area contributed by atoms with Crippen LogP contribution < -0.4 is 5.32 Å². The van der Waals surface area contributed by atoms with Gasteiger partial charge < -0.3 is 15.2 Å². The van der Waals surface area contributed by atoms with Gasteiger partial charge in [0.25, 0.3) is 0 Å². The lowest BCUT2D eigenvalue weighted by Crippen LogP contribution is -2.53. The Hall–Kier alpha value is -2.40. The minimum absolute atomic E-state index is 0.0718. The number of carbonyl (C=O) groups excluding carboxylic acids is 1. The normalized spacial score (nSPS) is 16.7. The lowest BCUT2D eigenvalue weighted by molar-refractivity contribution is -0.140.